The van der Waals surface area contributed by atoms with Crippen LogP contribution < -0.4 is 10.5 Å². The number of nitro benzene ring substituents is 1. The Morgan fingerprint density at radius 3 is 2.40 bits per heavy atom. The third-order valence-electron chi connectivity index (χ3n) is 3.32. The predicted molar refractivity (Wildman–Crippen MR) is 87.8 cm³/mol. The van der Waals surface area contributed by atoms with Gasteiger partial charge in [-0.05, 0) is 36.2 Å². The van der Waals surface area contributed by atoms with Gasteiger partial charge in [0, 0.05) is 18.2 Å². The monoisotopic (exact) mass is 367 g/mol. The first-order valence-corrected chi connectivity index (χ1v) is 8.57. The lowest BCUT2D eigenvalue weighted by atomic mass is 10.1. The number of nitrogens with one attached hydrogen (secondary N) is 1. The van der Waals surface area contributed by atoms with Gasteiger partial charge in [0.1, 0.15) is 0 Å². The molecule has 0 heterocycles. The summed E-state index contributed by atoms with van der Waals surface area (Å²) in [7, 11) is -3.77. The van der Waals surface area contributed by atoms with Crippen molar-refractivity contribution in [3.63, 3.8) is 0 Å². The van der Waals surface area contributed by atoms with Crippen molar-refractivity contribution in [2.24, 2.45) is 5.14 Å². The molecule has 0 bridgehead atoms. The number of nitrogens with two attached hydrogens (primary N) is 1. The molecule has 0 atom stereocenters. The number of primary sulfonamides is 1. The standard InChI is InChI=1S/C15H14FN3O5S/c16-13-7-4-11(9-14(13)19(21)22)18-15(20)8-3-10-1-5-12(6-2-10)25(17,23)24/h1-2,4-7,9H,3,8H2,(H,18,20)(H2,17,23,24). The van der Waals surface area contributed by atoms with Crippen molar-refractivity contribution in [2.75, 3.05) is 5.32 Å². The van der Waals surface area contributed by atoms with Gasteiger partial charge in [0.25, 0.3) is 0 Å². The number of rotatable bonds is 6. The Morgan fingerprint density at radius 1 is 1.20 bits per heavy atom. The fraction of sp³-hybridized carbons (Fsp3) is 0.133. The largest absolute Gasteiger partial charge is 0.326 e. The molecule has 0 radical (unpaired) electrons. The van der Waals surface area contributed by atoms with Gasteiger partial charge in [0.2, 0.25) is 21.7 Å². The molecule has 2 aromatic rings. The number of anilines is 1. The Morgan fingerprint density at radius 2 is 1.84 bits per heavy atom. The van der Waals surface area contributed by atoms with Crippen LogP contribution in [0.25, 0.3) is 0 Å². The molecule has 0 saturated heterocycles. The molecule has 132 valence electrons. The topological polar surface area (TPSA) is 132 Å². The maximum Gasteiger partial charge on any atom is 0.306 e. The molecule has 0 unspecified atom stereocenters. The summed E-state index contributed by atoms with van der Waals surface area (Å²) >= 11 is 0. The third-order valence-corrected chi connectivity index (χ3v) is 4.25. The summed E-state index contributed by atoms with van der Waals surface area (Å²) in [4.78, 5) is 21.7. The van der Waals surface area contributed by atoms with Gasteiger partial charge in [-0.3, -0.25) is 14.9 Å². The molecule has 8 nitrogen and oxygen atoms in total. The van der Waals surface area contributed by atoms with Crippen LogP contribution in [-0.4, -0.2) is 19.2 Å². The van der Waals surface area contributed by atoms with Crippen LogP contribution in [0.3, 0.4) is 0 Å². The van der Waals surface area contributed by atoms with Crippen LogP contribution in [0.2, 0.25) is 0 Å². The Labute approximate surface area is 142 Å². The van der Waals surface area contributed by atoms with Crippen molar-refractivity contribution in [3.8, 4) is 0 Å². The van der Waals surface area contributed by atoms with Crippen molar-refractivity contribution in [3.05, 3.63) is 64.0 Å². The lowest BCUT2D eigenvalue weighted by Gasteiger charge is -2.06. The molecule has 0 fully saturated rings. The van der Waals surface area contributed by atoms with E-state index < -0.39 is 32.4 Å². The van der Waals surface area contributed by atoms with Gasteiger partial charge in [0.05, 0.1) is 9.82 Å². The average Bonchev–Trinajstić information content (AvgIpc) is 2.54. The highest BCUT2D eigenvalue weighted by Crippen LogP contribution is 2.21. The average molecular weight is 367 g/mol. The van der Waals surface area contributed by atoms with E-state index in [4.69, 9.17) is 5.14 Å². The number of amides is 1. The number of aryl methyl sites for hydroxylation is 1. The number of halogens is 1. The summed E-state index contributed by atoms with van der Waals surface area (Å²) in [5.41, 5.74) is 0.103. The molecule has 2 aromatic carbocycles. The van der Waals surface area contributed by atoms with E-state index in [9.17, 15) is 27.7 Å². The lowest BCUT2D eigenvalue weighted by Crippen LogP contribution is -2.13. The smallest absolute Gasteiger partial charge is 0.306 e. The fourth-order valence-electron chi connectivity index (χ4n) is 2.06. The zero-order chi connectivity index (χ0) is 18.6. The highest BCUT2D eigenvalue weighted by Gasteiger charge is 2.15. The summed E-state index contributed by atoms with van der Waals surface area (Å²) in [5.74, 6) is -1.41. The molecule has 0 aromatic heterocycles. The number of nitrogens with zero attached hydrogens (tertiary/aromatic N) is 1. The number of sulfonamides is 1. The summed E-state index contributed by atoms with van der Waals surface area (Å²) < 4.78 is 35.5. The van der Waals surface area contributed by atoms with E-state index in [0.717, 1.165) is 12.1 Å². The molecular formula is C15H14FN3O5S. The highest BCUT2D eigenvalue weighted by molar-refractivity contribution is 7.89. The fourth-order valence-corrected chi connectivity index (χ4v) is 2.57. The first-order chi connectivity index (χ1) is 11.7. The zero-order valence-electron chi connectivity index (χ0n) is 12.8. The molecule has 2 rings (SSSR count). The summed E-state index contributed by atoms with van der Waals surface area (Å²) in [5, 5.41) is 18.1. The minimum atomic E-state index is -3.77. The summed E-state index contributed by atoms with van der Waals surface area (Å²) in [6.45, 7) is 0. The number of nitro groups is 1. The number of carbonyl (C=O) groups excluding carboxylic acids is 1. The van der Waals surface area contributed by atoms with Crippen LogP contribution in [-0.2, 0) is 21.2 Å². The van der Waals surface area contributed by atoms with E-state index in [1.54, 1.807) is 0 Å². The van der Waals surface area contributed by atoms with Gasteiger partial charge in [0.15, 0.2) is 0 Å². The maximum absolute atomic E-state index is 13.2. The number of carbonyl (C=O) groups is 1. The second kappa shape index (κ2) is 7.36. The number of hydrogen-bond acceptors (Lipinski definition) is 5. The molecule has 25 heavy (non-hydrogen) atoms. The van der Waals surface area contributed by atoms with Crippen LogP contribution in [0.1, 0.15) is 12.0 Å². The van der Waals surface area contributed by atoms with Crippen molar-refractivity contribution < 1.29 is 22.5 Å². The third kappa shape index (κ3) is 5.06. The second-order valence-electron chi connectivity index (χ2n) is 5.16. The van der Waals surface area contributed by atoms with E-state index in [-0.39, 0.29) is 17.0 Å². The molecule has 0 aliphatic rings. The zero-order valence-corrected chi connectivity index (χ0v) is 13.6. The second-order valence-corrected chi connectivity index (χ2v) is 6.72. The SMILES string of the molecule is NS(=O)(=O)c1ccc(CCC(=O)Nc2ccc(F)c([N+](=O)[O-])c2)cc1. The predicted octanol–water partition coefficient (Wildman–Crippen LogP) is 1.95. The first kappa shape index (κ1) is 18.5. The molecule has 10 heteroatoms. The van der Waals surface area contributed by atoms with Gasteiger partial charge in [-0.25, -0.2) is 13.6 Å². The Bertz CT molecular complexity index is 913. The Hall–Kier alpha value is -2.85. The molecule has 1 amide bonds. The van der Waals surface area contributed by atoms with Crippen LogP contribution in [0, 0.1) is 15.9 Å². The molecule has 0 aliphatic carbocycles. The van der Waals surface area contributed by atoms with Crippen LogP contribution in [0.15, 0.2) is 47.4 Å². The van der Waals surface area contributed by atoms with Crippen LogP contribution in [0.4, 0.5) is 15.8 Å². The van der Waals surface area contributed by atoms with Gasteiger partial charge < -0.3 is 5.32 Å². The van der Waals surface area contributed by atoms with Gasteiger partial charge >= 0.3 is 5.69 Å². The minimum absolute atomic E-state index is 0.0284. The van der Waals surface area contributed by atoms with Gasteiger partial charge in [-0.1, -0.05) is 12.1 Å². The Kier molecular flexibility index (Phi) is 5.45. The van der Waals surface area contributed by atoms with E-state index in [1.807, 2.05) is 0 Å². The van der Waals surface area contributed by atoms with Gasteiger partial charge in [-0.2, -0.15) is 4.39 Å². The summed E-state index contributed by atoms with van der Waals surface area (Å²) in [6, 6.07) is 8.82. The lowest BCUT2D eigenvalue weighted by molar-refractivity contribution is -0.387. The van der Waals surface area contributed by atoms with Crippen LogP contribution >= 0.6 is 0 Å². The van der Waals surface area contributed by atoms with Gasteiger partial charge in [-0.15, -0.1) is 0 Å². The van der Waals surface area contributed by atoms with Crippen molar-refractivity contribution in [2.45, 2.75) is 17.7 Å². The molecule has 0 aliphatic heterocycles. The highest BCUT2D eigenvalue weighted by atomic mass is 32.2. The first-order valence-electron chi connectivity index (χ1n) is 7.02. The van der Waals surface area contributed by atoms with Crippen molar-refractivity contribution >= 4 is 27.3 Å². The van der Waals surface area contributed by atoms with Crippen molar-refractivity contribution in [1.82, 2.24) is 0 Å². The normalized spacial score (nSPS) is 11.1. The molecule has 0 spiro atoms. The van der Waals surface area contributed by atoms with E-state index in [2.05, 4.69) is 5.32 Å². The number of hydrogen-bond donors (Lipinski definition) is 2. The van der Waals surface area contributed by atoms with E-state index in [1.165, 1.54) is 30.3 Å². The van der Waals surface area contributed by atoms with E-state index in [0.29, 0.717) is 12.0 Å². The number of benzene rings is 2. The quantitative estimate of drug-likeness (QED) is 0.595. The molecular weight excluding hydrogens is 353 g/mol. The maximum atomic E-state index is 13.2. The Balaban J connectivity index is 1.97. The molecule has 3 N–H and O–H groups in total. The summed E-state index contributed by atoms with van der Waals surface area (Å²) in [6.07, 6.45) is 0.375. The van der Waals surface area contributed by atoms with E-state index >= 15 is 0 Å². The molecule has 0 saturated carbocycles. The minimum Gasteiger partial charge on any atom is -0.326 e. The van der Waals surface area contributed by atoms with Crippen LogP contribution in [0.5, 0.6) is 0 Å². The van der Waals surface area contributed by atoms with Crippen molar-refractivity contribution in [1.29, 1.82) is 0 Å².